The molecule has 7 heteroatoms. The van der Waals surface area contributed by atoms with E-state index >= 15 is 0 Å². The minimum atomic E-state index is -1.07. The zero-order valence-corrected chi connectivity index (χ0v) is 11.0. The summed E-state index contributed by atoms with van der Waals surface area (Å²) < 4.78 is 5.22. The third-order valence-electron chi connectivity index (χ3n) is 3.07. The smallest absolute Gasteiger partial charge is 0.354 e. The zero-order chi connectivity index (χ0) is 14.4. The molecule has 1 saturated heterocycles. The van der Waals surface area contributed by atoms with Crippen LogP contribution in [0.15, 0.2) is 18.3 Å². The quantitative estimate of drug-likeness (QED) is 0.733. The summed E-state index contributed by atoms with van der Waals surface area (Å²) in [6, 6.07) is 2.79. The first-order chi connectivity index (χ1) is 9.65. The number of carbonyl (C=O) groups excluding carboxylic acids is 1. The number of carboxylic acids is 1. The number of pyridine rings is 1. The molecule has 0 aliphatic carbocycles. The van der Waals surface area contributed by atoms with Crippen molar-refractivity contribution in [1.82, 2.24) is 15.6 Å². The number of aromatic nitrogens is 1. The number of hydrogen-bond acceptors (Lipinski definition) is 4. The second kappa shape index (κ2) is 6.85. The number of nitrogens with one attached hydrogen (secondary N) is 2. The van der Waals surface area contributed by atoms with Crippen LogP contribution < -0.4 is 10.6 Å². The molecule has 1 fully saturated rings. The summed E-state index contributed by atoms with van der Waals surface area (Å²) in [7, 11) is 0. The van der Waals surface area contributed by atoms with Crippen molar-refractivity contribution in [1.29, 1.82) is 0 Å². The number of aromatic carboxylic acids is 1. The van der Waals surface area contributed by atoms with E-state index in [0.29, 0.717) is 25.6 Å². The average Bonchev–Trinajstić information content (AvgIpc) is 2.96. The van der Waals surface area contributed by atoms with E-state index in [2.05, 4.69) is 15.6 Å². The molecule has 7 nitrogen and oxygen atoms in total. The lowest BCUT2D eigenvalue weighted by Gasteiger charge is -2.10. The standard InChI is InChI=1S/C13H17N3O4/c17-12(18)11-2-1-9(5-14-11)6-15-13(19)16-7-10-3-4-20-8-10/h1-2,5,10H,3-4,6-8H2,(H,17,18)(H2,15,16,19). The zero-order valence-electron chi connectivity index (χ0n) is 11.0. The Balaban J connectivity index is 1.70. The first kappa shape index (κ1) is 14.3. The number of carboxylic acid groups (broad SMARTS) is 1. The highest BCUT2D eigenvalue weighted by Gasteiger charge is 2.16. The van der Waals surface area contributed by atoms with Crippen LogP contribution in [-0.4, -0.2) is 41.8 Å². The Hall–Kier alpha value is -2.15. The highest BCUT2D eigenvalue weighted by atomic mass is 16.5. The number of amides is 2. The van der Waals surface area contributed by atoms with Crippen molar-refractivity contribution < 1.29 is 19.4 Å². The normalized spacial score (nSPS) is 17.7. The van der Waals surface area contributed by atoms with Crippen LogP contribution in [0.2, 0.25) is 0 Å². The molecular formula is C13H17N3O4. The van der Waals surface area contributed by atoms with Crippen LogP contribution in [0.3, 0.4) is 0 Å². The fraction of sp³-hybridized carbons (Fsp3) is 0.462. The van der Waals surface area contributed by atoms with E-state index in [1.54, 1.807) is 6.07 Å². The van der Waals surface area contributed by atoms with Crippen LogP contribution in [0.4, 0.5) is 4.79 Å². The predicted octanol–water partition coefficient (Wildman–Crippen LogP) is 0.615. The largest absolute Gasteiger partial charge is 0.477 e. The van der Waals surface area contributed by atoms with Gasteiger partial charge < -0.3 is 20.5 Å². The maximum absolute atomic E-state index is 11.6. The van der Waals surface area contributed by atoms with Crippen molar-refractivity contribution in [2.45, 2.75) is 13.0 Å². The lowest BCUT2D eigenvalue weighted by molar-refractivity contribution is 0.0690. The number of rotatable bonds is 5. The Morgan fingerprint density at radius 2 is 2.25 bits per heavy atom. The molecule has 1 aromatic rings. The number of nitrogens with zero attached hydrogens (tertiary/aromatic N) is 1. The predicted molar refractivity (Wildman–Crippen MR) is 70.4 cm³/mol. The average molecular weight is 279 g/mol. The number of urea groups is 1. The maximum Gasteiger partial charge on any atom is 0.354 e. The fourth-order valence-corrected chi connectivity index (χ4v) is 1.88. The van der Waals surface area contributed by atoms with E-state index in [0.717, 1.165) is 18.6 Å². The highest BCUT2D eigenvalue weighted by Crippen LogP contribution is 2.10. The van der Waals surface area contributed by atoms with Crippen LogP contribution in [0.25, 0.3) is 0 Å². The van der Waals surface area contributed by atoms with E-state index in [9.17, 15) is 9.59 Å². The van der Waals surface area contributed by atoms with Gasteiger partial charge in [0.1, 0.15) is 5.69 Å². The molecule has 1 aromatic heterocycles. The van der Waals surface area contributed by atoms with Crippen molar-refractivity contribution in [3.8, 4) is 0 Å². The van der Waals surface area contributed by atoms with Crippen molar-refractivity contribution in [2.75, 3.05) is 19.8 Å². The maximum atomic E-state index is 11.6. The first-order valence-electron chi connectivity index (χ1n) is 6.43. The molecule has 0 bridgehead atoms. The van der Waals surface area contributed by atoms with Gasteiger partial charge in [0.15, 0.2) is 0 Å². The summed E-state index contributed by atoms with van der Waals surface area (Å²) >= 11 is 0. The Morgan fingerprint density at radius 3 is 2.85 bits per heavy atom. The first-order valence-corrected chi connectivity index (χ1v) is 6.43. The van der Waals surface area contributed by atoms with Crippen LogP contribution >= 0.6 is 0 Å². The molecule has 1 atom stereocenters. The van der Waals surface area contributed by atoms with Gasteiger partial charge in [-0.2, -0.15) is 0 Å². The second-order valence-corrected chi connectivity index (χ2v) is 4.65. The summed E-state index contributed by atoms with van der Waals surface area (Å²) in [4.78, 5) is 26.0. The molecule has 1 aliphatic heterocycles. The molecule has 0 radical (unpaired) electrons. The van der Waals surface area contributed by atoms with Gasteiger partial charge in [-0.25, -0.2) is 14.6 Å². The minimum absolute atomic E-state index is 0.0144. The summed E-state index contributed by atoms with van der Waals surface area (Å²) in [5.74, 6) is -0.682. The van der Waals surface area contributed by atoms with Crippen molar-refractivity contribution in [3.63, 3.8) is 0 Å². The minimum Gasteiger partial charge on any atom is -0.477 e. The van der Waals surface area contributed by atoms with Gasteiger partial charge in [0.05, 0.1) is 6.61 Å². The summed E-state index contributed by atoms with van der Waals surface area (Å²) in [6.07, 6.45) is 2.41. The Kier molecular flexibility index (Phi) is 4.89. The van der Waals surface area contributed by atoms with E-state index < -0.39 is 5.97 Å². The van der Waals surface area contributed by atoms with Gasteiger partial charge in [0.25, 0.3) is 0 Å². The third-order valence-corrected chi connectivity index (χ3v) is 3.07. The van der Waals surface area contributed by atoms with Gasteiger partial charge >= 0.3 is 12.0 Å². The van der Waals surface area contributed by atoms with E-state index in [1.807, 2.05) is 0 Å². The summed E-state index contributed by atoms with van der Waals surface area (Å²) in [5, 5.41) is 14.2. The van der Waals surface area contributed by atoms with Gasteiger partial charge in [0, 0.05) is 31.8 Å². The molecule has 1 unspecified atom stereocenters. The molecule has 0 aromatic carbocycles. The molecule has 2 amide bonds. The fourth-order valence-electron chi connectivity index (χ4n) is 1.88. The van der Waals surface area contributed by atoms with Crippen LogP contribution in [0.5, 0.6) is 0 Å². The van der Waals surface area contributed by atoms with Crippen molar-refractivity contribution in [2.24, 2.45) is 5.92 Å². The lowest BCUT2D eigenvalue weighted by Crippen LogP contribution is -2.38. The Labute approximate surface area is 116 Å². The summed E-state index contributed by atoms with van der Waals surface area (Å²) in [6.45, 7) is 2.36. The molecular weight excluding hydrogens is 262 g/mol. The van der Waals surface area contributed by atoms with Crippen molar-refractivity contribution >= 4 is 12.0 Å². The van der Waals surface area contributed by atoms with E-state index in [4.69, 9.17) is 9.84 Å². The van der Waals surface area contributed by atoms with E-state index in [1.165, 1.54) is 12.3 Å². The van der Waals surface area contributed by atoms with Crippen LogP contribution in [0.1, 0.15) is 22.5 Å². The Morgan fingerprint density at radius 1 is 1.40 bits per heavy atom. The second-order valence-electron chi connectivity index (χ2n) is 4.65. The monoisotopic (exact) mass is 279 g/mol. The van der Waals surface area contributed by atoms with Crippen LogP contribution in [0, 0.1) is 5.92 Å². The number of carbonyl (C=O) groups is 2. The number of ether oxygens (including phenoxy) is 1. The van der Waals surface area contributed by atoms with Gasteiger partial charge in [-0.1, -0.05) is 6.07 Å². The van der Waals surface area contributed by atoms with Gasteiger partial charge in [-0.3, -0.25) is 0 Å². The highest BCUT2D eigenvalue weighted by molar-refractivity contribution is 5.85. The van der Waals surface area contributed by atoms with Gasteiger partial charge in [-0.15, -0.1) is 0 Å². The molecule has 3 N–H and O–H groups in total. The molecule has 108 valence electrons. The third kappa shape index (κ3) is 4.20. The summed E-state index contributed by atoms with van der Waals surface area (Å²) in [5.41, 5.74) is 0.730. The molecule has 0 saturated carbocycles. The Bertz CT molecular complexity index is 469. The molecule has 0 spiro atoms. The van der Waals surface area contributed by atoms with Gasteiger partial charge in [0.2, 0.25) is 0 Å². The van der Waals surface area contributed by atoms with E-state index in [-0.39, 0.29) is 11.7 Å². The molecule has 2 rings (SSSR count). The van der Waals surface area contributed by atoms with Crippen LogP contribution in [-0.2, 0) is 11.3 Å². The topological polar surface area (TPSA) is 101 Å². The van der Waals surface area contributed by atoms with Gasteiger partial charge in [-0.05, 0) is 18.1 Å². The van der Waals surface area contributed by atoms with Crippen molar-refractivity contribution in [3.05, 3.63) is 29.6 Å². The number of hydrogen-bond donors (Lipinski definition) is 3. The molecule has 20 heavy (non-hydrogen) atoms. The lowest BCUT2D eigenvalue weighted by atomic mass is 10.1. The molecule has 2 heterocycles. The SMILES string of the molecule is O=C(NCc1ccc(C(=O)O)nc1)NCC1CCOC1. The molecule has 1 aliphatic rings.